The van der Waals surface area contributed by atoms with Crippen molar-refractivity contribution in [2.24, 2.45) is 17.2 Å². The standard InChI is InChI=1S/C48H84N6O28/c49-12-8-33(62)53-48(9-5-27(59)3-1-14-71-17-20-74-43-38(66)34(54-77-26-58)35(63)29(23-55)78-43,10-6-28(60)4-2-15-72-18-21-75-44-39(67)41(81-46(50)69)36(64)30(24-56)79-44)11-7-32(61)52-13-16-73-19-22-76-45-40(68)42(82-47(51)70)37(65)31(25-57)80-45/h26,29-31,34-45,54-57,63-68H,1-25,49H2,(H2,50,69)(H2,51,70)(H,52,61)(H,53,62)/t29-,30-,31-,34+,35-,36-,37-,38+,39+,40+,41+,42+,43+,44+,45+,48?/m1/s1. The molecule has 0 bridgehead atoms. The van der Waals surface area contributed by atoms with E-state index in [1.807, 2.05) is 0 Å². The van der Waals surface area contributed by atoms with Crippen molar-refractivity contribution in [1.29, 1.82) is 0 Å². The normalized spacial score (nSPS) is 29.0. The average Bonchev–Trinajstić information content (AvgIpc) is 3.61. The quantitative estimate of drug-likeness (QED) is 0.0117. The van der Waals surface area contributed by atoms with Gasteiger partial charge in [0, 0.05) is 70.4 Å². The first kappa shape index (κ1) is 71.8. The molecule has 3 aliphatic heterocycles. The first-order valence-electron chi connectivity index (χ1n) is 26.8. The fourth-order valence-corrected chi connectivity index (χ4v) is 8.88. The molecule has 3 aliphatic rings. The third-order valence-corrected chi connectivity index (χ3v) is 13.2. The Morgan fingerprint density at radius 3 is 1.37 bits per heavy atom. The number of Topliss-reactive ketones (excluding diaryl/α,β-unsaturated/α-hetero) is 2. The summed E-state index contributed by atoms with van der Waals surface area (Å²) in [5, 5.41) is 96.7. The van der Waals surface area contributed by atoms with Crippen molar-refractivity contribution in [2.45, 2.75) is 168 Å². The second-order valence-corrected chi connectivity index (χ2v) is 19.2. The highest BCUT2D eigenvalue weighted by Crippen LogP contribution is 2.29. The van der Waals surface area contributed by atoms with Crippen LogP contribution in [0.15, 0.2) is 0 Å². The van der Waals surface area contributed by atoms with Gasteiger partial charge in [-0.05, 0) is 32.1 Å². The van der Waals surface area contributed by atoms with Crippen molar-refractivity contribution >= 4 is 42.0 Å². The maximum atomic E-state index is 13.3. The Kier molecular flexibility index (Phi) is 34.3. The summed E-state index contributed by atoms with van der Waals surface area (Å²) in [6.07, 6.45) is -22.8. The van der Waals surface area contributed by atoms with Gasteiger partial charge in [-0.1, -0.05) is 0 Å². The highest BCUT2D eigenvalue weighted by Gasteiger charge is 2.49. The van der Waals surface area contributed by atoms with Crippen LogP contribution in [0.5, 0.6) is 0 Å². The molecule has 34 nitrogen and oxygen atoms in total. The van der Waals surface area contributed by atoms with E-state index in [0.29, 0.717) is 0 Å². The molecule has 0 aliphatic carbocycles. The molecule has 0 saturated carbocycles. The van der Waals surface area contributed by atoms with Gasteiger partial charge in [0.15, 0.2) is 31.1 Å². The molecule has 1 unspecified atom stereocenters. The minimum absolute atomic E-state index is 0.00448. The van der Waals surface area contributed by atoms with Crippen molar-refractivity contribution in [3.63, 3.8) is 0 Å². The van der Waals surface area contributed by atoms with Crippen LogP contribution < -0.4 is 33.3 Å². The molecule has 18 N–H and O–H groups in total. The molecule has 4 amide bonds. The van der Waals surface area contributed by atoms with Gasteiger partial charge < -0.3 is 131 Å². The molecule has 0 aromatic rings. The van der Waals surface area contributed by atoms with E-state index in [4.69, 9.17) is 69.3 Å². The Bertz CT molecular complexity index is 1820. The average molecular weight is 1190 g/mol. The van der Waals surface area contributed by atoms with Gasteiger partial charge in [-0.25, -0.2) is 9.59 Å². The van der Waals surface area contributed by atoms with Crippen LogP contribution in [-0.4, -0.2) is 278 Å². The van der Waals surface area contributed by atoms with Gasteiger partial charge in [-0.3, -0.25) is 24.0 Å². The lowest BCUT2D eigenvalue weighted by Gasteiger charge is -2.41. The lowest BCUT2D eigenvalue weighted by Crippen LogP contribution is -2.64. The Balaban J connectivity index is 1.54. The second-order valence-electron chi connectivity index (χ2n) is 19.2. The number of ether oxygens (including phenoxy) is 11. The smallest absolute Gasteiger partial charge is 0.404 e. The summed E-state index contributed by atoms with van der Waals surface area (Å²) in [7, 11) is 0. The van der Waals surface area contributed by atoms with Crippen LogP contribution >= 0.6 is 0 Å². The molecule has 3 rings (SSSR count). The van der Waals surface area contributed by atoms with Gasteiger partial charge in [0.2, 0.25) is 11.8 Å². The molecule has 16 atom stereocenters. The molecule has 0 aromatic heterocycles. The molecule has 3 saturated heterocycles. The summed E-state index contributed by atoms with van der Waals surface area (Å²) in [4.78, 5) is 90.8. The number of primary amides is 2. The number of nitrogens with one attached hydrogen (secondary N) is 3. The largest absolute Gasteiger partial charge is 0.441 e. The number of hydrogen-bond acceptors (Lipinski definition) is 30. The van der Waals surface area contributed by atoms with Crippen molar-refractivity contribution in [2.75, 3.05) is 92.4 Å². The zero-order chi connectivity index (χ0) is 60.6. The topological polar surface area (TPSA) is 526 Å². The molecular formula is C48H84N6O28. The zero-order valence-corrected chi connectivity index (χ0v) is 45.4. The van der Waals surface area contributed by atoms with Crippen LogP contribution in [0.4, 0.5) is 9.59 Å². The van der Waals surface area contributed by atoms with Gasteiger partial charge in [-0.2, -0.15) is 0 Å². The van der Waals surface area contributed by atoms with Crippen LogP contribution in [0, 0.1) is 0 Å². The van der Waals surface area contributed by atoms with E-state index in [1.54, 1.807) is 0 Å². The van der Waals surface area contributed by atoms with Crippen LogP contribution in [0.2, 0.25) is 0 Å². The molecule has 3 heterocycles. The summed E-state index contributed by atoms with van der Waals surface area (Å²) in [5.74, 6) is -1.38. The Morgan fingerprint density at radius 1 is 0.512 bits per heavy atom. The van der Waals surface area contributed by atoms with Gasteiger partial charge in [0.05, 0.1) is 66.1 Å². The number of nitrogens with two attached hydrogens (primary N) is 3. The predicted molar refractivity (Wildman–Crippen MR) is 270 cm³/mol. The number of ketones is 2. The highest BCUT2D eigenvalue weighted by molar-refractivity contribution is 5.81. The molecule has 3 fully saturated rings. The third-order valence-electron chi connectivity index (χ3n) is 13.2. The first-order valence-corrected chi connectivity index (χ1v) is 26.8. The van der Waals surface area contributed by atoms with E-state index < -0.39 is 141 Å². The Labute approximate surface area is 471 Å². The summed E-state index contributed by atoms with van der Waals surface area (Å²) in [5.41, 5.74) is 16.7. The summed E-state index contributed by atoms with van der Waals surface area (Å²) in [6.45, 7) is -2.40. The SMILES string of the molecule is NCCC(=O)NC(CCC(=O)CCCOCCO[C@H]1O[C@H](CO)[C@@H](O)[C@H](NOC=O)[C@@H]1O)(CCC(=O)CCCOCCO[C@H]1O[C@H](CO)[C@@H](O)[C@H](OC(N)=O)[C@@H]1O)CCC(=O)NCCOCCO[C@H]1O[C@H](CO)[C@@H](O)[C@H](OC(N)=O)[C@@H]1O. The van der Waals surface area contributed by atoms with Crippen molar-refractivity contribution in [3.8, 4) is 0 Å². The van der Waals surface area contributed by atoms with E-state index in [9.17, 15) is 79.5 Å². The van der Waals surface area contributed by atoms with E-state index in [0.717, 1.165) is 0 Å². The minimum Gasteiger partial charge on any atom is -0.441 e. The molecule has 34 heteroatoms. The Hall–Kier alpha value is -4.51. The molecule has 82 heavy (non-hydrogen) atoms. The monoisotopic (exact) mass is 1190 g/mol. The van der Waals surface area contributed by atoms with E-state index >= 15 is 0 Å². The number of carbonyl (C=O) groups is 7. The third kappa shape index (κ3) is 25.0. The Morgan fingerprint density at radius 2 is 0.939 bits per heavy atom. The summed E-state index contributed by atoms with van der Waals surface area (Å²) in [6, 6.07) is -1.24. The first-order chi connectivity index (χ1) is 39.2. The maximum absolute atomic E-state index is 13.3. The second kappa shape index (κ2) is 39.2. The highest BCUT2D eigenvalue weighted by atomic mass is 16.7. The van der Waals surface area contributed by atoms with Crippen LogP contribution in [0.3, 0.4) is 0 Å². The minimum atomic E-state index is -1.66. The van der Waals surface area contributed by atoms with Crippen LogP contribution in [0.25, 0.3) is 0 Å². The zero-order valence-electron chi connectivity index (χ0n) is 45.4. The van der Waals surface area contributed by atoms with Crippen molar-refractivity contribution < 1.29 is 136 Å². The van der Waals surface area contributed by atoms with E-state index in [2.05, 4.69) is 21.0 Å². The summed E-state index contributed by atoms with van der Waals surface area (Å²) >= 11 is 0. The maximum Gasteiger partial charge on any atom is 0.404 e. The van der Waals surface area contributed by atoms with Gasteiger partial charge in [0.25, 0.3) is 0 Å². The van der Waals surface area contributed by atoms with Gasteiger partial charge in [0.1, 0.15) is 72.5 Å². The fourth-order valence-electron chi connectivity index (χ4n) is 8.88. The molecular weight excluding hydrogens is 1110 g/mol. The van der Waals surface area contributed by atoms with Crippen LogP contribution in [0.1, 0.15) is 70.6 Å². The van der Waals surface area contributed by atoms with Crippen molar-refractivity contribution in [3.05, 3.63) is 0 Å². The van der Waals surface area contributed by atoms with Gasteiger partial charge >= 0.3 is 18.7 Å². The van der Waals surface area contributed by atoms with Gasteiger partial charge in [-0.15, -0.1) is 5.48 Å². The lowest BCUT2D eigenvalue weighted by molar-refractivity contribution is -0.301. The predicted octanol–water partition coefficient (Wildman–Crippen LogP) is -7.26. The number of amides is 4. The number of carbonyl (C=O) groups excluding carboxylic acids is 7. The van der Waals surface area contributed by atoms with E-state index in [1.165, 1.54) is 0 Å². The lowest BCUT2D eigenvalue weighted by atomic mass is 9.81. The number of hydroxylamine groups is 1. The molecule has 0 spiro atoms. The number of hydrogen-bond donors (Lipinski definition) is 15. The van der Waals surface area contributed by atoms with E-state index in [-0.39, 0.29) is 161 Å². The fraction of sp³-hybridized carbons (Fsp3) is 0.854. The molecule has 0 radical (unpaired) electrons. The summed E-state index contributed by atoms with van der Waals surface area (Å²) < 4.78 is 58.8. The number of aliphatic hydroxyl groups excluding tert-OH is 9. The number of rotatable bonds is 43. The van der Waals surface area contributed by atoms with Crippen LogP contribution in [-0.2, 0) is 80.9 Å². The van der Waals surface area contributed by atoms with Crippen molar-refractivity contribution in [1.82, 2.24) is 16.1 Å². The molecule has 474 valence electrons. The molecule has 0 aromatic carbocycles. The number of aliphatic hydroxyl groups is 9.